The third kappa shape index (κ3) is 3.48. The van der Waals surface area contributed by atoms with Crippen LogP contribution < -0.4 is 4.72 Å². The summed E-state index contributed by atoms with van der Waals surface area (Å²) in [5, 5.41) is 10.4. The summed E-state index contributed by atoms with van der Waals surface area (Å²) in [5.74, 6) is 0. The molecule has 0 radical (unpaired) electrons. The average molecular weight is 295 g/mol. The van der Waals surface area contributed by atoms with Crippen molar-refractivity contribution in [1.29, 1.82) is 0 Å². The third-order valence-corrected chi connectivity index (χ3v) is 2.71. The summed E-state index contributed by atoms with van der Waals surface area (Å²) in [6.45, 7) is 0. The highest BCUT2D eigenvalue weighted by Gasteiger charge is 2.11. The molecule has 0 atom stereocenters. The first-order valence-corrected chi connectivity index (χ1v) is 6.40. The van der Waals surface area contributed by atoms with Gasteiger partial charge in [-0.25, -0.2) is 8.42 Å². The highest BCUT2D eigenvalue weighted by molar-refractivity contribution is 9.10. The largest absolute Gasteiger partial charge is 0.283 e. The summed E-state index contributed by atoms with van der Waals surface area (Å²) in [6.07, 6.45) is 1.00. The summed E-state index contributed by atoms with van der Waals surface area (Å²) in [5.41, 5.74) is 0.157. The standard InChI is InChI=1S/C7H7BrN2O4S/c1-15(13,14)9-7-3-2-5(10(11)12)4-6(7)8/h2-4,9H,1H3. The average Bonchev–Trinajstić information content (AvgIpc) is 2.05. The molecule has 1 aromatic rings. The molecule has 0 aliphatic rings. The molecule has 0 amide bonds. The second-order valence-electron chi connectivity index (χ2n) is 2.80. The molecule has 6 nitrogen and oxygen atoms in total. The van der Waals surface area contributed by atoms with Crippen LogP contribution in [0.15, 0.2) is 22.7 Å². The number of nitrogens with zero attached hydrogens (tertiary/aromatic N) is 1. The lowest BCUT2D eigenvalue weighted by Gasteiger charge is -2.05. The Hall–Kier alpha value is -1.15. The molecule has 1 rings (SSSR count). The molecular formula is C7H7BrN2O4S. The maximum absolute atomic E-state index is 10.9. The summed E-state index contributed by atoms with van der Waals surface area (Å²) >= 11 is 3.04. The van der Waals surface area contributed by atoms with E-state index < -0.39 is 14.9 Å². The topological polar surface area (TPSA) is 89.3 Å². The van der Waals surface area contributed by atoms with Crippen LogP contribution in [0.5, 0.6) is 0 Å². The number of anilines is 1. The highest BCUT2D eigenvalue weighted by Crippen LogP contribution is 2.27. The summed E-state index contributed by atoms with van der Waals surface area (Å²) in [6, 6.07) is 3.77. The molecule has 1 aromatic carbocycles. The smallest absolute Gasteiger partial charge is 0.270 e. The van der Waals surface area contributed by atoms with E-state index in [-0.39, 0.29) is 11.4 Å². The fraction of sp³-hybridized carbons (Fsp3) is 0.143. The quantitative estimate of drug-likeness (QED) is 0.679. The zero-order chi connectivity index (χ0) is 11.6. The van der Waals surface area contributed by atoms with Crippen molar-refractivity contribution in [1.82, 2.24) is 0 Å². The number of benzene rings is 1. The molecule has 8 heteroatoms. The van der Waals surface area contributed by atoms with Gasteiger partial charge in [0.05, 0.1) is 16.9 Å². The van der Waals surface area contributed by atoms with E-state index in [2.05, 4.69) is 20.7 Å². The zero-order valence-corrected chi connectivity index (χ0v) is 10.0. The monoisotopic (exact) mass is 294 g/mol. The lowest BCUT2D eigenvalue weighted by Crippen LogP contribution is -2.09. The first kappa shape index (κ1) is 11.9. The number of non-ortho nitro benzene ring substituents is 1. The Bertz CT molecular complexity index is 500. The minimum absolute atomic E-state index is 0.110. The van der Waals surface area contributed by atoms with Gasteiger partial charge in [0.25, 0.3) is 5.69 Å². The number of sulfonamides is 1. The lowest BCUT2D eigenvalue weighted by molar-refractivity contribution is -0.384. The Labute approximate surface area is 94.6 Å². The van der Waals surface area contributed by atoms with Gasteiger partial charge >= 0.3 is 0 Å². The Balaban J connectivity index is 3.09. The number of nitro groups is 1. The van der Waals surface area contributed by atoms with Crippen molar-refractivity contribution in [3.63, 3.8) is 0 Å². The van der Waals surface area contributed by atoms with Gasteiger partial charge in [-0.15, -0.1) is 0 Å². The lowest BCUT2D eigenvalue weighted by atomic mass is 10.3. The second kappa shape index (κ2) is 4.15. The summed E-state index contributed by atoms with van der Waals surface area (Å²) in [7, 11) is -3.38. The fourth-order valence-corrected chi connectivity index (χ4v) is 2.07. The molecule has 82 valence electrons. The number of hydrogen-bond acceptors (Lipinski definition) is 4. The Morgan fingerprint density at radius 2 is 2.07 bits per heavy atom. The van der Waals surface area contributed by atoms with Gasteiger partial charge in [0.1, 0.15) is 0 Å². The maximum Gasteiger partial charge on any atom is 0.270 e. The number of halogens is 1. The van der Waals surface area contributed by atoms with Crippen LogP contribution in [-0.4, -0.2) is 19.6 Å². The van der Waals surface area contributed by atoms with Gasteiger partial charge in [-0.2, -0.15) is 0 Å². The van der Waals surface area contributed by atoms with Crippen molar-refractivity contribution in [2.24, 2.45) is 0 Å². The molecule has 1 N–H and O–H groups in total. The van der Waals surface area contributed by atoms with Crippen molar-refractivity contribution in [3.8, 4) is 0 Å². The van der Waals surface area contributed by atoms with Crippen LogP contribution in [0.3, 0.4) is 0 Å². The third-order valence-electron chi connectivity index (χ3n) is 1.46. The molecule has 0 saturated carbocycles. The van der Waals surface area contributed by atoms with Crippen molar-refractivity contribution in [2.45, 2.75) is 0 Å². The van der Waals surface area contributed by atoms with Crippen molar-refractivity contribution in [2.75, 3.05) is 11.0 Å². The number of hydrogen-bond donors (Lipinski definition) is 1. The van der Waals surface area contributed by atoms with Crippen LogP contribution in [0, 0.1) is 10.1 Å². The first-order valence-electron chi connectivity index (χ1n) is 3.71. The second-order valence-corrected chi connectivity index (χ2v) is 5.40. The van der Waals surface area contributed by atoms with Gasteiger partial charge in [-0.3, -0.25) is 14.8 Å². The van der Waals surface area contributed by atoms with E-state index in [1.54, 1.807) is 0 Å². The van der Waals surface area contributed by atoms with Crippen LogP contribution in [0.1, 0.15) is 0 Å². The van der Waals surface area contributed by atoms with Gasteiger partial charge < -0.3 is 0 Å². The van der Waals surface area contributed by atoms with Crippen LogP contribution in [0.25, 0.3) is 0 Å². The SMILES string of the molecule is CS(=O)(=O)Nc1ccc([N+](=O)[O-])cc1Br. The normalized spacial score (nSPS) is 11.1. The molecule has 0 saturated heterocycles. The van der Waals surface area contributed by atoms with E-state index in [0.717, 1.165) is 6.26 Å². The minimum Gasteiger partial charge on any atom is -0.283 e. The molecule has 0 spiro atoms. The number of nitrogens with one attached hydrogen (secondary N) is 1. The van der Waals surface area contributed by atoms with Gasteiger partial charge in [-0.05, 0) is 22.0 Å². The first-order chi connectivity index (χ1) is 6.79. The number of rotatable bonds is 3. The van der Waals surface area contributed by atoms with E-state index in [9.17, 15) is 18.5 Å². The molecule has 0 bridgehead atoms. The predicted molar refractivity (Wildman–Crippen MR) is 59.3 cm³/mol. The van der Waals surface area contributed by atoms with Crippen molar-refractivity contribution < 1.29 is 13.3 Å². The molecule has 0 aliphatic carbocycles. The molecule has 0 unspecified atom stereocenters. The maximum atomic E-state index is 10.9. The Kier molecular flexibility index (Phi) is 3.30. The van der Waals surface area contributed by atoms with Crippen molar-refractivity contribution in [3.05, 3.63) is 32.8 Å². The number of nitro benzene ring substituents is 1. The van der Waals surface area contributed by atoms with E-state index in [4.69, 9.17) is 0 Å². The molecule has 15 heavy (non-hydrogen) atoms. The van der Waals surface area contributed by atoms with Crippen LogP contribution >= 0.6 is 15.9 Å². The minimum atomic E-state index is -3.38. The highest BCUT2D eigenvalue weighted by atomic mass is 79.9. The van der Waals surface area contributed by atoms with E-state index in [1.807, 2.05) is 0 Å². The predicted octanol–water partition coefficient (Wildman–Crippen LogP) is 1.73. The fourth-order valence-electron chi connectivity index (χ4n) is 0.900. The Morgan fingerprint density at radius 1 is 1.47 bits per heavy atom. The van der Waals surface area contributed by atoms with Crippen LogP contribution in [-0.2, 0) is 10.0 Å². The molecule has 0 fully saturated rings. The Morgan fingerprint density at radius 3 is 2.47 bits per heavy atom. The molecule has 0 heterocycles. The van der Waals surface area contributed by atoms with Gasteiger partial charge in [-0.1, -0.05) is 0 Å². The molecule has 0 aliphatic heterocycles. The van der Waals surface area contributed by atoms with Gasteiger partial charge in [0.2, 0.25) is 10.0 Å². The van der Waals surface area contributed by atoms with Gasteiger partial charge in [0, 0.05) is 16.6 Å². The van der Waals surface area contributed by atoms with E-state index >= 15 is 0 Å². The zero-order valence-electron chi connectivity index (χ0n) is 7.60. The van der Waals surface area contributed by atoms with Gasteiger partial charge in [0.15, 0.2) is 0 Å². The van der Waals surface area contributed by atoms with Crippen LogP contribution in [0.2, 0.25) is 0 Å². The summed E-state index contributed by atoms with van der Waals surface area (Å²) in [4.78, 5) is 9.84. The summed E-state index contributed by atoms with van der Waals surface area (Å²) < 4.78 is 24.4. The van der Waals surface area contributed by atoms with E-state index in [1.165, 1.54) is 18.2 Å². The molecule has 0 aromatic heterocycles. The molecular weight excluding hydrogens is 288 g/mol. The van der Waals surface area contributed by atoms with Crippen molar-refractivity contribution >= 4 is 37.3 Å². The van der Waals surface area contributed by atoms with E-state index in [0.29, 0.717) is 4.47 Å². The van der Waals surface area contributed by atoms with Crippen LogP contribution in [0.4, 0.5) is 11.4 Å².